The number of sulfonamides is 2. The molecule has 0 N–H and O–H groups in total. The van der Waals surface area contributed by atoms with Crippen molar-refractivity contribution in [3.05, 3.63) is 81.4 Å². The van der Waals surface area contributed by atoms with Crippen molar-refractivity contribution < 1.29 is 35.8 Å². The van der Waals surface area contributed by atoms with Crippen molar-refractivity contribution >= 4 is 43.2 Å². The van der Waals surface area contributed by atoms with E-state index < -0.39 is 20.0 Å². The fourth-order valence-corrected chi connectivity index (χ4v) is 9.61. The molecule has 2 saturated heterocycles. The molecule has 50 heavy (non-hydrogen) atoms. The molecule has 0 unspecified atom stereocenters. The molecule has 2 fully saturated rings. The molecule has 0 spiro atoms. The van der Waals surface area contributed by atoms with Crippen molar-refractivity contribution in [2.75, 3.05) is 40.4 Å². The Bertz CT molecular complexity index is 1900. The summed E-state index contributed by atoms with van der Waals surface area (Å²) in [7, 11) is -4.08. The minimum absolute atomic E-state index is 0.145. The summed E-state index contributed by atoms with van der Waals surface area (Å²) in [6, 6.07) is 10.2. The maximum Gasteiger partial charge on any atom is 0.318 e. The third-order valence-corrected chi connectivity index (χ3v) is 12.6. The van der Waals surface area contributed by atoms with Crippen LogP contribution in [0.15, 0.2) is 58.6 Å². The molecule has 2 aromatic carbocycles. The number of hydrogen-bond acceptors (Lipinski definition) is 12. The molecule has 0 bridgehead atoms. The molecular weight excluding hydrogens is 731 g/mol. The topological polar surface area (TPSA) is 163 Å². The number of nitrogens with zero attached hydrogens (tertiary/aromatic N) is 6. The molecule has 0 aliphatic carbocycles. The van der Waals surface area contributed by atoms with Crippen LogP contribution < -0.4 is 18.9 Å². The Morgan fingerprint density at radius 3 is 1.22 bits per heavy atom. The highest BCUT2D eigenvalue weighted by atomic mass is 35.5. The number of methoxy groups -OCH3 is 2. The predicted octanol–water partition coefficient (Wildman–Crippen LogP) is 4.41. The number of halogens is 2. The number of rotatable bonds is 10. The molecule has 14 nitrogen and oxygen atoms in total. The van der Waals surface area contributed by atoms with Crippen LogP contribution in [0.1, 0.15) is 22.3 Å². The second kappa shape index (κ2) is 15.2. The molecule has 0 atom stereocenters. The summed E-state index contributed by atoms with van der Waals surface area (Å²) in [5, 5.41) is 0.552. The van der Waals surface area contributed by atoms with Crippen LogP contribution in [0.4, 0.5) is 0 Å². The van der Waals surface area contributed by atoms with Crippen LogP contribution in [-0.2, 0) is 20.0 Å². The maximum absolute atomic E-state index is 12.9. The van der Waals surface area contributed by atoms with Crippen molar-refractivity contribution in [2.24, 2.45) is 0 Å². The van der Waals surface area contributed by atoms with Gasteiger partial charge >= 0.3 is 12.0 Å². The maximum atomic E-state index is 12.9. The number of benzene rings is 2. The van der Waals surface area contributed by atoms with E-state index in [4.69, 9.17) is 42.1 Å². The Morgan fingerprint density at radius 1 is 0.620 bits per heavy atom. The third kappa shape index (κ3) is 8.22. The van der Waals surface area contributed by atoms with Gasteiger partial charge in [0, 0.05) is 12.4 Å². The van der Waals surface area contributed by atoms with Gasteiger partial charge in [0.1, 0.15) is 34.0 Å². The van der Waals surface area contributed by atoms with E-state index in [1.165, 1.54) is 21.0 Å². The van der Waals surface area contributed by atoms with Crippen LogP contribution in [0.3, 0.4) is 0 Å². The summed E-state index contributed by atoms with van der Waals surface area (Å²) in [5.74, 6) is 1.27. The van der Waals surface area contributed by atoms with Gasteiger partial charge in [-0.15, -0.1) is 0 Å². The molecule has 0 radical (unpaired) electrons. The van der Waals surface area contributed by atoms with E-state index in [0.29, 0.717) is 43.5 Å². The zero-order valence-corrected chi connectivity index (χ0v) is 31.3. The van der Waals surface area contributed by atoms with Gasteiger partial charge in [0.15, 0.2) is 0 Å². The van der Waals surface area contributed by atoms with Gasteiger partial charge in [0.2, 0.25) is 20.0 Å². The van der Waals surface area contributed by atoms with E-state index in [0.717, 1.165) is 0 Å². The first-order valence-corrected chi connectivity index (χ1v) is 18.9. The quantitative estimate of drug-likeness (QED) is 0.209. The summed E-state index contributed by atoms with van der Waals surface area (Å²) < 4.78 is 75.8. The molecule has 4 aromatic rings. The van der Waals surface area contributed by atoms with Crippen molar-refractivity contribution in [3.8, 4) is 23.5 Å². The summed E-state index contributed by atoms with van der Waals surface area (Å²) >= 11 is 11.6. The van der Waals surface area contributed by atoms with E-state index in [-0.39, 0.29) is 60.7 Å². The standard InChI is InChI=1S/2C16H18ClN3O4S/c2*1-10-6-12(23-3)7-11(2)15(10)25(21,22)20-8-13(9-20)24-16-18-5-4-14(17)19-16/h2*4-7,13H,8-9H2,1-3H3. The van der Waals surface area contributed by atoms with Crippen molar-refractivity contribution in [1.82, 2.24) is 28.5 Å². The monoisotopic (exact) mass is 766 g/mol. The number of hydrogen-bond donors (Lipinski definition) is 0. The lowest BCUT2D eigenvalue weighted by Gasteiger charge is -2.37. The van der Waals surface area contributed by atoms with Gasteiger partial charge in [-0.25, -0.2) is 26.8 Å². The van der Waals surface area contributed by atoms with Crippen LogP contribution in [-0.4, -0.2) is 98.0 Å². The summed E-state index contributed by atoms with van der Waals surface area (Å²) in [4.78, 5) is 16.4. The van der Waals surface area contributed by atoms with Crippen LogP contribution in [0.25, 0.3) is 0 Å². The molecule has 0 saturated carbocycles. The van der Waals surface area contributed by atoms with Crippen LogP contribution in [0.5, 0.6) is 23.5 Å². The SMILES string of the molecule is COc1cc(C)c(S(=O)(=O)N2CC(Oc3nccc(Cl)n3)C2)c(C)c1.COc1cc(C)c(S(=O)(=O)N2CC(Oc3nccc(Cl)n3)C2)c(C)c1. The van der Waals surface area contributed by atoms with E-state index in [9.17, 15) is 16.8 Å². The van der Waals surface area contributed by atoms with Gasteiger partial charge in [-0.3, -0.25) is 0 Å². The number of aromatic nitrogens is 4. The number of ether oxygens (including phenoxy) is 4. The average Bonchev–Trinajstić information content (AvgIpc) is 2.99. The van der Waals surface area contributed by atoms with Crippen molar-refractivity contribution in [2.45, 2.75) is 49.7 Å². The Kier molecular flexibility index (Phi) is 11.4. The molecule has 2 aromatic heterocycles. The average molecular weight is 768 g/mol. The lowest BCUT2D eigenvalue weighted by Crippen LogP contribution is -2.56. The van der Waals surface area contributed by atoms with Gasteiger partial charge in [-0.05, 0) is 86.3 Å². The Balaban J connectivity index is 0.000000194. The summed E-state index contributed by atoms with van der Waals surface area (Å²) in [6.45, 7) is 8.00. The van der Waals surface area contributed by atoms with Gasteiger partial charge in [-0.2, -0.15) is 18.6 Å². The first-order chi connectivity index (χ1) is 23.6. The van der Waals surface area contributed by atoms with Crippen molar-refractivity contribution in [1.29, 1.82) is 0 Å². The largest absolute Gasteiger partial charge is 0.497 e. The fourth-order valence-electron chi connectivity index (χ4n) is 5.52. The van der Waals surface area contributed by atoms with E-state index in [1.54, 1.807) is 78.3 Å². The fraction of sp³-hybridized carbons (Fsp3) is 0.375. The van der Waals surface area contributed by atoms with Gasteiger partial charge in [0.05, 0.1) is 50.2 Å². The molecule has 0 amide bonds. The van der Waals surface area contributed by atoms with Gasteiger partial charge in [-0.1, -0.05) is 23.2 Å². The highest BCUT2D eigenvalue weighted by molar-refractivity contribution is 7.89. The highest BCUT2D eigenvalue weighted by Crippen LogP contribution is 2.32. The zero-order chi connectivity index (χ0) is 36.4. The van der Waals surface area contributed by atoms with Crippen LogP contribution in [0.2, 0.25) is 10.3 Å². The Morgan fingerprint density at radius 2 is 0.940 bits per heavy atom. The predicted molar refractivity (Wildman–Crippen MR) is 185 cm³/mol. The van der Waals surface area contributed by atoms with E-state index in [2.05, 4.69) is 19.9 Å². The third-order valence-electron chi connectivity index (χ3n) is 7.91. The molecule has 2 aliphatic rings. The van der Waals surface area contributed by atoms with Crippen LogP contribution >= 0.6 is 23.2 Å². The van der Waals surface area contributed by atoms with Gasteiger partial charge in [0.25, 0.3) is 0 Å². The normalized spacial score (nSPS) is 15.7. The minimum atomic E-state index is -3.59. The summed E-state index contributed by atoms with van der Waals surface area (Å²) in [6.07, 6.45) is 2.38. The Labute approximate surface area is 301 Å². The molecule has 18 heteroatoms. The molecule has 6 rings (SSSR count). The van der Waals surface area contributed by atoms with Crippen molar-refractivity contribution in [3.63, 3.8) is 0 Å². The first-order valence-electron chi connectivity index (χ1n) is 15.2. The van der Waals surface area contributed by atoms with E-state index >= 15 is 0 Å². The van der Waals surface area contributed by atoms with Gasteiger partial charge < -0.3 is 18.9 Å². The molecule has 4 heterocycles. The smallest absolute Gasteiger partial charge is 0.318 e. The first kappa shape index (κ1) is 37.5. The second-order valence-electron chi connectivity index (χ2n) is 11.6. The summed E-state index contributed by atoms with van der Waals surface area (Å²) in [5.41, 5.74) is 2.61. The zero-order valence-electron chi connectivity index (χ0n) is 28.1. The lowest BCUT2D eigenvalue weighted by molar-refractivity contribution is 0.0675. The number of aryl methyl sites for hydroxylation is 4. The second-order valence-corrected chi connectivity index (χ2v) is 16.2. The minimum Gasteiger partial charge on any atom is -0.497 e. The molecule has 268 valence electrons. The van der Waals surface area contributed by atoms with Crippen LogP contribution in [0, 0.1) is 27.7 Å². The van der Waals surface area contributed by atoms with E-state index in [1.807, 2.05) is 0 Å². The highest BCUT2D eigenvalue weighted by Gasteiger charge is 2.41. The molecule has 2 aliphatic heterocycles. The Hall–Kier alpha value is -3.80. The lowest BCUT2D eigenvalue weighted by atomic mass is 10.1. The molecular formula is C32H36Cl2N6O8S2.